The Kier molecular flexibility index (Phi) is 7.36. The lowest BCUT2D eigenvalue weighted by Gasteiger charge is -2.43. The highest BCUT2D eigenvalue weighted by Gasteiger charge is 2.38. The lowest BCUT2D eigenvalue weighted by atomic mass is 9.85. The maximum atomic E-state index is 14.3. The molecule has 0 bridgehead atoms. The number of hydrogen-bond acceptors (Lipinski definition) is 3. The molecule has 5 nitrogen and oxygen atoms in total. The molecule has 1 fully saturated rings. The third kappa shape index (κ3) is 5.73. The largest absolute Gasteiger partial charge is 0.444 e. The van der Waals surface area contributed by atoms with E-state index < -0.39 is 17.5 Å². The van der Waals surface area contributed by atoms with Crippen molar-refractivity contribution in [1.82, 2.24) is 9.80 Å². The molecule has 1 heterocycles. The standard InChI is InChI=1S/C24H27Cl2FN2O3/c1-24(2,3)32-23(31)29-12-11-21(18(14-29)16-7-10-19(26)20(27)13-16)28(4)22(30)15-5-8-17(25)9-6-15/h5-10,13,18,21H,11-12,14H2,1-4H3/t18-,21+/m0/s1. The first-order valence-electron chi connectivity index (χ1n) is 10.4. The summed E-state index contributed by atoms with van der Waals surface area (Å²) >= 11 is 11.8. The second-order valence-electron chi connectivity index (χ2n) is 8.99. The van der Waals surface area contributed by atoms with Crippen LogP contribution in [0.25, 0.3) is 0 Å². The minimum atomic E-state index is -0.628. The number of halogens is 3. The summed E-state index contributed by atoms with van der Waals surface area (Å²) in [6.45, 7) is 6.13. The Morgan fingerprint density at radius 3 is 2.38 bits per heavy atom. The van der Waals surface area contributed by atoms with Gasteiger partial charge in [0.2, 0.25) is 0 Å². The summed E-state index contributed by atoms with van der Waals surface area (Å²) in [5.74, 6) is -1.02. The molecule has 3 rings (SSSR count). The number of hydrogen-bond donors (Lipinski definition) is 0. The Morgan fingerprint density at radius 2 is 1.78 bits per heavy atom. The normalized spacial score (nSPS) is 18.9. The molecule has 0 aromatic heterocycles. The molecule has 172 valence electrons. The fourth-order valence-corrected chi connectivity index (χ4v) is 4.16. The van der Waals surface area contributed by atoms with Crippen LogP contribution in [0, 0.1) is 5.82 Å². The van der Waals surface area contributed by atoms with Gasteiger partial charge in [0.1, 0.15) is 11.4 Å². The molecule has 2 amide bonds. The van der Waals surface area contributed by atoms with E-state index in [1.54, 1.807) is 47.2 Å². The highest BCUT2D eigenvalue weighted by atomic mass is 35.5. The highest BCUT2D eigenvalue weighted by Crippen LogP contribution is 2.33. The number of nitrogens with zero attached hydrogens (tertiary/aromatic N) is 2. The maximum Gasteiger partial charge on any atom is 0.410 e. The number of carbonyl (C=O) groups excluding carboxylic acids is 2. The summed E-state index contributed by atoms with van der Waals surface area (Å²) < 4.78 is 19.8. The van der Waals surface area contributed by atoms with E-state index in [0.717, 1.165) is 0 Å². The second-order valence-corrected chi connectivity index (χ2v) is 9.83. The molecule has 2 aromatic carbocycles. The van der Waals surface area contributed by atoms with Crippen LogP contribution in [0.1, 0.15) is 49.0 Å². The summed E-state index contributed by atoms with van der Waals surface area (Å²) in [6, 6.07) is 11.0. The Bertz CT molecular complexity index is 992. The first kappa shape index (κ1) is 24.3. The highest BCUT2D eigenvalue weighted by molar-refractivity contribution is 6.31. The van der Waals surface area contributed by atoms with Gasteiger partial charge in [0.15, 0.2) is 0 Å². The van der Waals surface area contributed by atoms with Crippen LogP contribution < -0.4 is 0 Å². The Morgan fingerprint density at radius 1 is 1.12 bits per heavy atom. The van der Waals surface area contributed by atoms with Crippen molar-refractivity contribution >= 4 is 35.2 Å². The van der Waals surface area contributed by atoms with E-state index in [2.05, 4.69) is 0 Å². The van der Waals surface area contributed by atoms with Gasteiger partial charge in [0, 0.05) is 42.7 Å². The quantitative estimate of drug-likeness (QED) is 0.541. The van der Waals surface area contributed by atoms with Crippen molar-refractivity contribution in [2.75, 3.05) is 20.1 Å². The molecule has 0 saturated carbocycles. The number of amides is 2. The van der Waals surface area contributed by atoms with Crippen LogP contribution in [0.15, 0.2) is 42.5 Å². The van der Waals surface area contributed by atoms with E-state index >= 15 is 0 Å². The van der Waals surface area contributed by atoms with Gasteiger partial charge in [-0.1, -0.05) is 29.3 Å². The zero-order chi connectivity index (χ0) is 23.6. The molecule has 32 heavy (non-hydrogen) atoms. The minimum absolute atomic E-state index is 0.0238. The number of likely N-dealkylation sites (N-methyl/N-ethyl adjacent to an activating group) is 1. The molecule has 2 aromatic rings. The molecule has 0 spiro atoms. The topological polar surface area (TPSA) is 49.9 Å². The van der Waals surface area contributed by atoms with Gasteiger partial charge in [-0.15, -0.1) is 0 Å². The van der Waals surface area contributed by atoms with Crippen LogP contribution in [0.5, 0.6) is 0 Å². The average molecular weight is 481 g/mol. The smallest absolute Gasteiger partial charge is 0.410 e. The fraction of sp³-hybridized carbons (Fsp3) is 0.417. The van der Waals surface area contributed by atoms with Crippen LogP contribution in [0.3, 0.4) is 0 Å². The van der Waals surface area contributed by atoms with E-state index in [0.29, 0.717) is 35.7 Å². The van der Waals surface area contributed by atoms with Gasteiger partial charge >= 0.3 is 6.09 Å². The van der Waals surface area contributed by atoms with E-state index in [9.17, 15) is 14.0 Å². The number of likely N-dealkylation sites (tertiary alicyclic amines) is 1. The lowest BCUT2D eigenvalue weighted by Crippen LogP contribution is -2.52. The first-order chi connectivity index (χ1) is 15.0. The second kappa shape index (κ2) is 9.67. The van der Waals surface area contributed by atoms with Crippen molar-refractivity contribution < 1.29 is 18.7 Å². The summed E-state index contributed by atoms with van der Waals surface area (Å²) in [5, 5.41) is 0.570. The van der Waals surface area contributed by atoms with Crippen molar-refractivity contribution in [2.45, 2.75) is 44.8 Å². The summed E-state index contributed by atoms with van der Waals surface area (Å²) in [6.07, 6.45) is 0.0892. The fourth-order valence-electron chi connectivity index (χ4n) is 3.91. The summed E-state index contributed by atoms with van der Waals surface area (Å²) in [4.78, 5) is 29.1. The third-order valence-electron chi connectivity index (χ3n) is 5.51. The maximum absolute atomic E-state index is 14.3. The van der Waals surface area contributed by atoms with Crippen LogP contribution in [0.4, 0.5) is 9.18 Å². The van der Waals surface area contributed by atoms with Crippen molar-refractivity contribution in [1.29, 1.82) is 0 Å². The van der Waals surface area contributed by atoms with Crippen molar-refractivity contribution in [3.63, 3.8) is 0 Å². The van der Waals surface area contributed by atoms with Crippen LogP contribution in [0.2, 0.25) is 10.0 Å². The Labute approximate surface area is 198 Å². The minimum Gasteiger partial charge on any atom is -0.444 e. The number of rotatable bonds is 3. The zero-order valence-corrected chi connectivity index (χ0v) is 20.1. The van der Waals surface area contributed by atoms with Crippen molar-refractivity contribution in [2.24, 2.45) is 0 Å². The Hall–Kier alpha value is -2.31. The van der Waals surface area contributed by atoms with Crippen LogP contribution in [-0.2, 0) is 4.74 Å². The van der Waals surface area contributed by atoms with Crippen LogP contribution in [-0.4, -0.2) is 53.6 Å². The van der Waals surface area contributed by atoms with Crippen LogP contribution >= 0.6 is 23.2 Å². The van der Waals surface area contributed by atoms with Gasteiger partial charge in [-0.05, 0) is 69.2 Å². The van der Waals surface area contributed by atoms with Gasteiger partial charge in [-0.3, -0.25) is 4.79 Å². The monoisotopic (exact) mass is 480 g/mol. The van der Waals surface area contributed by atoms with Crippen molar-refractivity contribution in [3.05, 3.63) is 69.5 Å². The molecular formula is C24H27Cl2FN2O3. The zero-order valence-electron chi connectivity index (χ0n) is 18.6. The average Bonchev–Trinajstić information content (AvgIpc) is 2.73. The molecule has 1 aliphatic rings. The summed E-state index contributed by atoms with van der Waals surface area (Å²) in [5.41, 5.74) is 0.547. The molecule has 1 saturated heterocycles. The van der Waals surface area contributed by atoms with Gasteiger partial charge in [0.25, 0.3) is 5.91 Å². The SMILES string of the molecule is CN(C(=O)c1ccc(Cl)cc1)[C@@H]1CCN(C(=O)OC(C)(C)C)C[C@H]1c1ccc(Cl)c(F)c1. The van der Waals surface area contributed by atoms with Gasteiger partial charge < -0.3 is 14.5 Å². The third-order valence-corrected chi connectivity index (χ3v) is 6.07. The Balaban J connectivity index is 1.89. The molecular weight excluding hydrogens is 454 g/mol. The van der Waals surface area contributed by atoms with Gasteiger partial charge in [-0.25, -0.2) is 9.18 Å². The van der Waals surface area contributed by atoms with E-state index in [1.807, 2.05) is 20.8 Å². The molecule has 8 heteroatoms. The van der Waals surface area contributed by atoms with E-state index in [-0.39, 0.29) is 22.9 Å². The first-order valence-corrected chi connectivity index (χ1v) is 11.2. The molecule has 0 radical (unpaired) electrons. The molecule has 2 atom stereocenters. The molecule has 1 aliphatic heterocycles. The molecule has 0 N–H and O–H groups in total. The predicted octanol–water partition coefficient (Wildman–Crippen LogP) is 6.00. The number of piperidine rings is 1. The van der Waals surface area contributed by atoms with E-state index in [1.165, 1.54) is 12.1 Å². The van der Waals surface area contributed by atoms with Gasteiger partial charge in [-0.2, -0.15) is 0 Å². The lowest BCUT2D eigenvalue weighted by molar-refractivity contribution is 0.0124. The number of carbonyl (C=O) groups is 2. The predicted molar refractivity (Wildman–Crippen MR) is 124 cm³/mol. The summed E-state index contributed by atoms with van der Waals surface area (Å²) in [7, 11) is 1.73. The van der Waals surface area contributed by atoms with Crippen molar-refractivity contribution in [3.8, 4) is 0 Å². The van der Waals surface area contributed by atoms with Gasteiger partial charge in [0.05, 0.1) is 5.02 Å². The van der Waals surface area contributed by atoms with E-state index in [4.69, 9.17) is 27.9 Å². The number of ether oxygens (including phenoxy) is 1. The molecule has 0 aliphatic carbocycles. The number of benzene rings is 2. The molecule has 0 unspecified atom stereocenters.